The number of amides is 1. The highest BCUT2D eigenvalue weighted by Crippen LogP contribution is 2.45. The van der Waals surface area contributed by atoms with Crippen molar-refractivity contribution >= 4 is 11.6 Å². The van der Waals surface area contributed by atoms with Gasteiger partial charge in [-0.15, -0.1) is 0 Å². The molecule has 2 saturated carbocycles. The van der Waals surface area contributed by atoms with E-state index in [2.05, 4.69) is 0 Å². The summed E-state index contributed by atoms with van der Waals surface area (Å²) >= 11 is 0. The third kappa shape index (κ3) is 2.82. The van der Waals surface area contributed by atoms with Crippen molar-refractivity contribution in [3.63, 3.8) is 0 Å². The van der Waals surface area contributed by atoms with Crippen LogP contribution in [0.1, 0.15) is 57.8 Å². The summed E-state index contributed by atoms with van der Waals surface area (Å²) < 4.78 is 11.7. The van der Waals surface area contributed by atoms with Gasteiger partial charge in [-0.05, 0) is 63.2 Å². The first-order chi connectivity index (χ1) is 12.2. The number of rotatable bonds is 1. The maximum atomic E-state index is 12.4. The molecule has 2 N–H and O–H groups in total. The Kier molecular flexibility index (Phi) is 4.10. The number of nitrogens with zero attached hydrogens (tertiary/aromatic N) is 2. The number of carbonyl (C=O) groups is 1. The van der Waals surface area contributed by atoms with Crippen LogP contribution in [-0.4, -0.2) is 47.7 Å². The molecule has 0 bridgehead atoms. The topological polar surface area (TPSA) is 77.2 Å². The highest BCUT2D eigenvalue weighted by atomic mass is 16.7. The molecule has 6 nitrogen and oxygen atoms in total. The van der Waals surface area contributed by atoms with Gasteiger partial charge in [-0.2, -0.15) is 5.10 Å². The molecule has 3 heterocycles. The Labute approximate surface area is 149 Å². The molecule has 5 aliphatic rings. The quantitative estimate of drug-likeness (QED) is 0.787. The maximum Gasteiger partial charge on any atom is 0.242 e. The van der Waals surface area contributed by atoms with Crippen LogP contribution in [0.2, 0.25) is 0 Å². The Bertz CT molecular complexity index is 572. The number of hydrogen-bond donors (Lipinski definition) is 1. The lowest BCUT2D eigenvalue weighted by Crippen LogP contribution is -2.43. The Morgan fingerprint density at radius 2 is 1.76 bits per heavy atom. The van der Waals surface area contributed by atoms with Gasteiger partial charge in [-0.1, -0.05) is 0 Å². The second kappa shape index (κ2) is 6.32. The fourth-order valence-electron chi connectivity index (χ4n) is 5.83. The SMILES string of the molecule is NC1CCC(C2=NN3C(=O)CCC3CC3CC4OCOC4CC23)CC1. The summed E-state index contributed by atoms with van der Waals surface area (Å²) in [6.45, 7) is 0.438. The molecule has 5 unspecified atom stereocenters. The van der Waals surface area contributed by atoms with Crippen molar-refractivity contribution in [1.29, 1.82) is 0 Å². The standard InChI is InChI=1S/C19H29N3O3/c20-13-3-1-11(2-4-13)19-15-9-17-16(24-10-25-17)8-12(15)7-14-5-6-18(23)22(14)21-19/h11-17H,1-10,20H2. The molecule has 6 heteroatoms. The summed E-state index contributed by atoms with van der Waals surface area (Å²) in [5.41, 5.74) is 7.41. The molecule has 1 amide bonds. The van der Waals surface area contributed by atoms with Gasteiger partial charge in [0.1, 0.15) is 6.79 Å². The summed E-state index contributed by atoms with van der Waals surface area (Å²) in [6.07, 6.45) is 9.57. The predicted octanol–water partition coefficient (Wildman–Crippen LogP) is 2.02. The molecular weight excluding hydrogens is 318 g/mol. The fraction of sp³-hybridized carbons (Fsp3) is 0.895. The Morgan fingerprint density at radius 3 is 2.56 bits per heavy atom. The molecule has 3 aliphatic heterocycles. The van der Waals surface area contributed by atoms with Crippen LogP contribution in [-0.2, 0) is 14.3 Å². The minimum Gasteiger partial charge on any atom is -0.349 e. The lowest BCUT2D eigenvalue weighted by Gasteiger charge is -2.39. The van der Waals surface area contributed by atoms with E-state index in [1.807, 2.05) is 5.01 Å². The average molecular weight is 347 g/mol. The predicted molar refractivity (Wildman–Crippen MR) is 92.7 cm³/mol. The van der Waals surface area contributed by atoms with Crippen molar-refractivity contribution in [2.75, 3.05) is 6.79 Å². The van der Waals surface area contributed by atoms with Crippen molar-refractivity contribution in [1.82, 2.24) is 5.01 Å². The van der Waals surface area contributed by atoms with Crippen LogP contribution in [0.15, 0.2) is 5.10 Å². The van der Waals surface area contributed by atoms with Crippen molar-refractivity contribution in [2.24, 2.45) is 28.6 Å². The summed E-state index contributed by atoms with van der Waals surface area (Å²) in [6, 6.07) is 0.629. The zero-order chi connectivity index (χ0) is 17.0. The Balaban J connectivity index is 1.47. The summed E-state index contributed by atoms with van der Waals surface area (Å²) in [5, 5.41) is 6.88. The van der Waals surface area contributed by atoms with E-state index in [4.69, 9.17) is 20.3 Å². The number of hydrogen-bond acceptors (Lipinski definition) is 5. The van der Waals surface area contributed by atoms with Gasteiger partial charge in [-0.25, -0.2) is 5.01 Å². The molecule has 25 heavy (non-hydrogen) atoms. The largest absolute Gasteiger partial charge is 0.349 e. The first-order valence-electron chi connectivity index (χ1n) is 10.1. The van der Waals surface area contributed by atoms with Crippen LogP contribution in [0.3, 0.4) is 0 Å². The fourth-order valence-corrected chi connectivity index (χ4v) is 5.83. The van der Waals surface area contributed by atoms with Crippen LogP contribution < -0.4 is 5.73 Å². The first-order valence-corrected chi connectivity index (χ1v) is 10.1. The van der Waals surface area contributed by atoms with Gasteiger partial charge in [0.05, 0.1) is 18.2 Å². The minimum absolute atomic E-state index is 0.209. The molecule has 5 atom stereocenters. The van der Waals surface area contributed by atoms with Crippen LogP contribution in [0.5, 0.6) is 0 Å². The summed E-state index contributed by atoms with van der Waals surface area (Å²) in [7, 11) is 0. The van der Waals surface area contributed by atoms with Gasteiger partial charge in [0.2, 0.25) is 5.91 Å². The van der Waals surface area contributed by atoms with E-state index in [-0.39, 0.29) is 18.1 Å². The normalized spacial score (nSPS) is 46.9. The second-order valence-electron chi connectivity index (χ2n) is 8.67. The number of nitrogens with two attached hydrogens (primary N) is 1. The molecule has 5 rings (SSSR count). The number of carbonyl (C=O) groups excluding carboxylic acids is 1. The smallest absolute Gasteiger partial charge is 0.242 e. The first kappa shape index (κ1) is 16.2. The number of ether oxygens (including phenoxy) is 2. The number of fused-ring (bicyclic) bond motifs is 3. The van der Waals surface area contributed by atoms with Gasteiger partial charge in [0.15, 0.2) is 0 Å². The highest BCUT2D eigenvalue weighted by Gasteiger charge is 2.48. The molecule has 0 aromatic heterocycles. The lowest BCUT2D eigenvalue weighted by molar-refractivity contribution is -0.129. The van der Waals surface area contributed by atoms with E-state index < -0.39 is 0 Å². The molecule has 0 spiro atoms. The van der Waals surface area contributed by atoms with Crippen LogP contribution in [0, 0.1) is 17.8 Å². The zero-order valence-corrected chi connectivity index (χ0v) is 14.8. The van der Waals surface area contributed by atoms with Gasteiger partial charge < -0.3 is 15.2 Å². The highest BCUT2D eigenvalue weighted by molar-refractivity contribution is 5.91. The van der Waals surface area contributed by atoms with Crippen LogP contribution in [0.25, 0.3) is 0 Å². The molecule has 0 radical (unpaired) electrons. The molecule has 0 aromatic rings. The van der Waals surface area contributed by atoms with Crippen molar-refractivity contribution in [3.05, 3.63) is 0 Å². The molecule has 4 fully saturated rings. The number of hydrazone groups is 1. The Morgan fingerprint density at radius 1 is 1.00 bits per heavy atom. The molecule has 0 aromatic carbocycles. The monoisotopic (exact) mass is 347 g/mol. The summed E-state index contributed by atoms with van der Waals surface area (Å²) in [5.74, 6) is 1.71. The van der Waals surface area contributed by atoms with Gasteiger partial charge >= 0.3 is 0 Å². The van der Waals surface area contributed by atoms with E-state index >= 15 is 0 Å². The van der Waals surface area contributed by atoms with E-state index in [0.29, 0.717) is 43.1 Å². The van der Waals surface area contributed by atoms with Gasteiger partial charge in [-0.3, -0.25) is 4.79 Å². The van der Waals surface area contributed by atoms with Crippen molar-refractivity contribution in [3.8, 4) is 0 Å². The van der Waals surface area contributed by atoms with E-state index in [1.54, 1.807) is 0 Å². The van der Waals surface area contributed by atoms with E-state index in [9.17, 15) is 4.79 Å². The van der Waals surface area contributed by atoms with Crippen LogP contribution in [0.4, 0.5) is 0 Å². The van der Waals surface area contributed by atoms with Gasteiger partial charge in [0, 0.05) is 24.1 Å². The maximum absolute atomic E-state index is 12.4. The molecule has 138 valence electrons. The van der Waals surface area contributed by atoms with Crippen molar-refractivity contribution in [2.45, 2.75) is 82.1 Å². The second-order valence-corrected chi connectivity index (χ2v) is 8.67. The third-order valence-electron chi connectivity index (χ3n) is 7.23. The average Bonchev–Trinajstić information content (AvgIpc) is 3.16. The Hall–Kier alpha value is -0.980. The van der Waals surface area contributed by atoms with E-state index in [1.165, 1.54) is 5.71 Å². The van der Waals surface area contributed by atoms with Gasteiger partial charge in [0.25, 0.3) is 0 Å². The molecule has 2 saturated heterocycles. The lowest BCUT2D eigenvalue weighted by atomic mass is 9.67. The molecular formula is C19H29N3O3. The molecule has 2 aliphatic carbocycles. The third-order valence-corrected chi connectivity index (χ3v) is 7.23. The van der Waals surface area contributed by atoms with Crippen molar-refractivity contribution < 1.29 is 14.3 Å². The minimum atomic E-state index is 0.209. The zero-order valence-electron chi connectivity index (χ0n) is 14.8. The summed E-state index contributed by atoms with van der Waals surface area (Å²) in [4.78, 5) is 12.4. The van der Waals surface area contributed by atoms with Crippen LogP contribution >= 0.6 is 0 Å². The van der Waals surface area contributed by atoms with E-state index in [0.717, 1.165) is 51.4 Å².